The van der Waals surface area contributed by atoms with Gasteiger partial charge in [0.15, 0.2) is 0 Å². The molecular formula is C17H19ClN6. The number of halogens is 1. The number of anilines is 1. The minimum Gasteiger partial charge on any atom is -0.351 e. The van der Waals surface area contributed by atoms with Gasteiger partial charge in [-0.15, -0.1) is 0 Å². The Morgan fingerprint density at radius 1 is 1.08 bits per heavy atom. The summed E-state index contributed by atoms with van der Waals surface area (Å²) in [4.78, 5) is 2.12. The summed E-state index contributed by atoms with van der Waals surface area (Å²) in [5, 5.41) is 16.0. The number of para-hydroxylation sites is 1. The van der Waals surface area contributed by atoms with E-state index in [0.717, 1.165) is 16.3 Å². The lowest BCUT2D eigenvalue weighted by Crippen LogP contribution is -2.27. The highest BCUT2D eigenvalue weighted by Gasteiger charge is 2.18. The van der Waals surface area contributed by atoms with Crippen LogP contribution < -0.4 is 5.32 Å². The third-order valence-electron chi connectivity index (χ3n) is 3.81. The molecule has 6 nitrogen and oxygen atoms in total. The summed E-state index contributed by atoms with van der Waals surface area (Å²) < 4.78 is 1.68. The van der Waals surface area contributed by atoms with Crippen molar-refractivity contribution in [2.75, 3.05) is 26.0 Å². The van der Waals surface area contributed by atoms with E-state index in [1.54, 1.807) is 4.68 Å². The van der Waals surface area contributed by atoms with E-state index in [2.05, 4.69) is 25.7 Å². The molecule has 0 radical (unpaired) electrons. The number of hydrogen-bond acceptors (Lipinski definition) is 5. The first-order chi connectivity index (χ1) is 11.7. The Morgan fingerprint density at radius 2 is 1.79 bits per heavy atom. The van der Waals surface area contributed by atoms with Crippen LogP contribution in [0.4, 0.5) is 5.95 Å². The van der Waals surface area contributed by atoms with E-state index in [1.807, 2.05) is 68.7 Å². The smallest absolute Gasteiger partial charge is 0.247 e. The van der Waals surface area contributed by atoms with Crippen LogP contribution in [-0.2, 0) is 0 Å². The third-order valence-corrected chi connectivity index (χ3v) is 4.16. The fourth-order valence-corrected chi connectivity index (χ4v) is 2.81. The summed E-state index contributed by atoms with van der Waals surface area (Å²) >= 11 is 6.35. The molecule has 0 aliphatic rings. The molecule has 0 amide bonds. The van der Waals surface area contributed by atoms with Gasteiger partial charge < -0.3 is 10.2 Å². The van der Waals surface area contributed by atoms with Crippen molar-refractivity contribution in [2.24, 2.45) is 0 Å². The molecule has 0 saturated carbocycles. The van der Waals surface area contributed by atoms with Gasteiger partial charge in [0, 0.05) is 11.6 Å². The standard InChI is InChI=1S/C17H19ClN6/c1-23(2)16(14-10-6-7-11-15(14)18)12-19-17-20-21-22-24(17)13-8-4-3-5-9-13/h3-11,16H,12H2,1-2H3,(H,19,20,22)/t16-/m0/s1. The van der Waals surface area contributed by atoms with Crippen molar-refractivity contribution in [1.29, 1.82) is 0 Å². The molecule has 124 valence electrons. The van der Waals surface area contributed by atoms with Crippen LogP contribution in [-0.4, -0.2) is 45.7 Å². The molecule has 0 saturated heterocycles. The molecule has 1 atom stereocenters. The Balaban J connectivity index is 1.80. The Labute approximate surface area is 146 Å². The van der Waals surface area contributed by atoms with E-state index < -0.39 is 0 Å². The van der Waals surface area contributed by atoms with E-state index in [-0.39, 0.29) is 6.04 Å². The number of aromatic nitrogens is 4. The van der Waals surface area contributed by atoms with E-state index in [9.17, 15) is 0 Å². The predicted molar refractivity (Wildman–Crippen MR) is 95.5 cm³/mol. The van der Waals surface area contributed by atoms with Crippen LogP contribution in [0.15, 0.2) is 54.6 Å². The van der Waals surface area contributed by atoms with E-state index in [1.165, 1.54) is 0 Å². The van der Waals surface area contributed by atoms with E-state index >= 15 is 0 Å². The van der Waals surface area contributed by atoms with Crippen molar-refractivity contribution >= 4 is 17.5 Å². The number of hydrogen-bond donors (Lipinski definition) is 1. The van der Waals surface area contributed by atoms with Gasteiger partial charge in [-0.1, -0.05) is 53.1 Å². The van der Waals surface area contributed by atoms with Crippen molar-refractivity contribution in [3.8, 4) is 5.69 Å². The van der Waals surface area contributed by atoms with Gasteiger partial charge >= 0.3 is 0 Å². The van der Waals surface area contributed by atoms with Crippen molar-refractivity contribution in [3.63, 3.8) is 0 Å². The van der Waals surface area contributed by atoms with Gasteiger partial charge in [-0.3, -0.25) is 0 Å². The summed E-state index contributed by atoms with van der Waals surface area (Å²) in [5.41, 5.74) is 1.97. The fraction of sp³-hybridized carbons (Fsp3) is 0.235. The van der Waals surface area contributed by atoms with Gasteiger partial charge in [0.25, 0.3) is 0 Å². The number of tetrazole rings is 1. The second kappa shape index (κ2) is 7.42. The van der Waals surface area contributed by atoms with Crippen molar-refractivity contribution in [2.45, 2.75) is 6.04 Å². The Hall–Kier alpha value is -2.44. The zero-order valence-electron chi connectivity index (χ0n) is 13.6. The van der Waals surface area contributed by atoms with Crippen molar-refractivity contribution in [3.05, 3.63) is 65.2 Å². The lowest BCUT2D eigenvalue weighted by atomic mass is 10.1. The number of benzene rings is 2. The average Bonchev–Trinajstić information content (AvgIpc) is 3.06. The maximum absolute atomic E-state index is 6.35. The van der Waals surface area contributed by atoms with Gasteiger partial charge in [0.2, 0.25) is 5.95 Å². The molecule has 0 unspecified atom stereocenters. The molecule has 1 aromatic heterocycles. The molecule has 2 aromatic carbocycles. The van der Waals surface area contributed by atoms with E-state index in [4.69, 9.17) is 11.6 Å². The number of likely N-dealkylation sites (N-methyl/N-ethyl adjacent to an activating group) is 1. The zero-order valence-corrected chi connectivity index (χ0v) is 14.4. The first-order valence-corrected chi connectivity index (χ1v) is 8.03. The van der Waals surface area contributed by atoms with Crippen LogP contribution in [0.1, 0.15) is 11.6 Å². The summed E-state index contributed by atoms with van der Waals surface area (Å²) in [6.45, 7) is 0.629. The van der Waals surface area contributed by atoms with Crippen molar-refractivity contribution in [1.82, 2.24) is 25.1 Å². The van der Waals surface area contributed by atoms with Gasteiger partial charge in [-0.05, 0) is 48.3 Å². The number of rotatable bonds is 6. The van der Waals surface area contributed by atoms with Gasteiger partial charge in [-0.2, -0.15) is 4.68 Å². The van der Waals surface area contributed by atoms with Crippen LogP contribution in [0, 0.1) is 0 Å². The molecule has 7 heteroatoms. The Morgan fingerprint density at radius 3 is 2.50 bits per heavy atom. The molecule has 0 bridgehead atoms. The molecule has 0 aliphatic carbocycles. The molecule has 0 spiro atoms. The quantitative estimate of drug-likeness (QED) is 0.746. The summed E-state index contributed by atoms with van der Waals surface area (Å²) in [6.07, 6.45) is 0. The van der Waals surface area contributed by atoms with E-state index in [0.29, 0.717) is 12.5 Å². The maximum Gasteiger partial charge on any atom is 0.247 e. The predicted octanol–water partition coefficient (Wildman–Crippen LogP) is 3.03. The fourth-order valence-electron chi connectivity index (χ4n) is 2.54. The highest BCUT2D eigenvalue weighted by atomic mass is 35.5. The van der Waals surface area contributed by atoms with Crippen LogP contribution >= 0.6 is 11.6 Å². The maximum atomic E-state index is 6.35. The largest absolute Gasteiger partial charge is 0.351 e. The third kappa shape index (κ3) is 3.55. The first-order valence-electron chi connectivity index (χ1n) is 7.65. The van der Waals surface area contributed by atoms with Gasteiger partial charge in [0.1, 0.15) is 0 Å². The van der Waals surface area contributed by atoms with Crippen LogP contribution in [0.3, 0.4) is 0 Å². The lowest BCUT2D eigenvalue weighted by Gasteiger charge is -2.26. The highest BCUT2D eigenvalue weighted by Crippen LogP contribution is 2.26. The topological polar surface area (TPSA) is 58.9 Å². The summed E-state index contributed by atoms with van der Waals surface area (Å²) in [6, 6.07) is 17.7. The van der Waals surface area contributed by atoms with Crippen LogP contribution in [0.25, 0.3) is 5.69 Å². The van der Waals surface area contributed by atoms with Crippen LogP contribution in [0.5, 0.6) is 0 Å². The summed E-state index contributed by atoms with van der Waals surface area (Å²) in [7, 11) is 4.05. The summed E-state index contributed by atoms with van der Waals surface area (Å²) in [5.74, 6) is 0.597. The molecule has 0 fully saturated rings. The normalized spacial score (nSPS) is 12.3. The molecule has 24 heavy (non-hydrogen) atoms. The average molecular weight is 343 g/mol. The van der Waals surface area contributed by atoms with Crippen LogP contribution in [0.2, 0.25) is 5.02 Å². The Bertz CT molecular complexity index is 787. The lowest BCUT2D eigenvalue weighted by molar-refractivity contribution is 0.311. The number of nitrogens with zero attached hydrogens (tertiary/aromatic N) is 5. The minimum absolute atomic E-state index is 0.0969. The molecule has 0 aliphatic heterocycles. The zero-order chi connectivity index (χ0) is 16.9. The molecular weight excluding hydrogens is 324 g/mol. The molecule has 1 N–H and O–H groups in total. The van der Waals surface area contributed by atoms with Crippen molar-refractivity contribution < 1.29 is 0 Å². The Kier molecular flexibility index (Phi) is 5.08. The SMILES string of the molecule is CN(C)[C@@H](CNc1nnnn1-c1ccccc1)c1ccccc1Cl. The molecule has 3 aromatic rings. The monoisotopic (exact) mass is 342 g/mol. The second-order valence-corrected chi connectivity index (χ2v) is 6.04. The van der Waals surface area contributed by atoms with Gasteiger partial charge in [0.05, 0.1) is 11.7 Å². The first kappa shape index (κ1) is 16.4. The van der Waals surface area contributed by atoms with Gasteiger partial charge in [-0.25, -0.2) is 0 Å². The number of nitrogens with one attached hydrogen (secondary N) is 1. The minimum atomic E-state index is 0.0969. The second-order valence-electron chi connectivity index (χ2n) is 5.63. The highest BCUT2D eigenvalue weighted by molar-refractivity contribution is 6.31. The molecule has 1 heterocycles. The molecule has 3 rings (SSSR count).